The predicted octanol–water partition coefficient (Wildman–Crippen LogP) is 0.0945. The lowest BCUT2D eigenvalue weighted by Gasteiger charge is -2.15. The van der Waals surface area contributed by atoms with Crippen LogP contribution < -0.4 is 0 Å². The molecule has 1 aromatic heterocycles. The van der Waals surface area contributed by atoms with E-state index in [2.05, 4.69) is 10.3 Å². The van der Waals surface area contributed by atoms with Gasteiger partial charge in [-0.3, -0.25) is 4.79 Å². The van der Waals surface area contributed by atoms with Crippen LogP contribution in [0.25, 0.3) is 0 Å². The molecule has 0 aromatic carbocycles. The van der Waals surface area contributed by atoms with Crippen molar-refractivity contribution < 1.29 is 9.90 Å². The topological polar surface area (TPSA) is 68.0 Å². The SMILES string of the molecule is CCCn1nncc1C(C)(O)C=O. The van der Waals surface area contributed by atoms with Gasteiger partial charge in [-0.25, -0.2) is 4.68 Å². The van der Waals surface area contributed by atoms with E-state index < -0.39 is 5.60 Å². The van der Waals surface area contributed by atoms with Crippen LogP contribution in [0.15, 0.2) is 6.20 Å². The minimum absolute atomic E-state index is 0.435. The maximum absolute atomic E-state index is 10.6. The van der Waals surface area contributed by atoms with Crippen LogP contribution in [0.2, 0.25) is 0 Å². The second-order valence-electron chi connectivity index (χ2n) is 3.11. The summed E-state index contributed by atoms with van der Waals surface area (Å²) in [5.74, 6) is 0. The van der Waals surface area contributed by atoms with Gasteiger partial charge in [0.2, 0.25) is 0 Å². The van der Waals surface area contributed by atoms with E-state index in [1.165, 1.54) is 17.8 Å². The lowest BCUT2D eigenvalue weighted by molar-refractivity contribution is -0.123. The maximum Gasteiger partial charge on any atom is 0.160 e. The summed E-state index contributed by atoms with van der Waals surface area (Å²) in [6.07, 6.45) is 2.77. The first-order valence-corrected chi connectivity index (χ1v) is 4.19. The highest BCUT2D eigenvalue weighted by molar-refractivity contribution is 5.63. The Hall–Kier alpha value is -1.23. The fourth-order valence-electron chi connectivity index (χ4n) is 1.09. The van der Waals surface area contributed by atoms with Gasteiger partial charge in [0.05, 0.1) is 11.9 Å². The average Bonchev–Trinajstić information content (AvgIpc) is 2.54. The van der Waals surface area contributed by atoms with Crippen molar-refractivity contribution in [2.75, 3.05) is 0 Å². The summed E-state index contributed by atoms with van der Waals surface area (Å²) >= 11 is 0. The molecule has 1 atom stereocenters. The minimum Gasteiger partial charge on any atom is -0.376 e. The molecular formula is C8H13N3O2. The van der Waals surface area contributed by atoms with Crippen molar-refractivity contribution in [1.82, 2.24) is 15.0 Å². The van der Waals surface area contributed by atoms with Crippen LogP contribution >= 0.6 is 0 Å². The standard InChI is InChI=1S/C8H13N3O2/c1-3-4-11-7(5-9-10-11)8(2,13)6-12/h5-6,13H,3-4H2,1-2H3. The summed E-state index contributed by atoms with van der Waals surface area (Å²) in [6.45, 7) is 4.06. The van der Waals surface area contributed by atoms with Crippen molar-refractivity contribution in [3.63, 3.8) is 0 Å². The van der Waals surface area contributed by atoms with Gasteiger partial charge in [0.1, 0.15) is 0 Å². The van der Waals surface area contributed by atoms with Crippen molar-refractivity contribution in [3.05, 3.63) is 11.9 Å². The Balaban J connectivity index is 2.99. The highest BCUT2D eigenvalue weighted by Crippen LogP contribution is 2.16. The molecule has 13 heavy (non-hydrogen) atoms. The zero-order valence-corrected chi connectivity index (χ0v) is 7.77. The second kappa shape index (κ2) is 3.66. The van der Waals surface area contributed by atoms with Crippen LogP contribution in [0.5, 0.6) is 0 Å². The highest BCUT2D eigenvalue weighted by Gasteiger charge is 2.26. The lowest BCUT2D eigenvalue weighted by Crippen LogP contribution is -2.27. The number of hydrogen-bond donors (Lipinski definition) is 1. The van der Waals surface area contributed by atoms with Crippen molar-refractivity contribution in [3.8, 4) is 0 Å². The Morgan fingerprint density at radius 3 is 3.00 bits per heavy atom. The summed E-state index contributed by atoms with van der Waals surface area (Å²) in [5.41, 5.74) is -1.05. The number of hydrogen-bond acceptors (Lipinski definition) is 4. The second-order valence-corrected chi connectivity index (χ2v) is 3.11. The van der Waals surface area contributed by atoms with Crippen LogP contribution in [0.1, 0.15) is 26.0 Å². The van der Waals surface area contributed by atoms with Gasteiger partial charge in [0.15, 0.2) is 11.9 Å². The van der Waals surface area contributed by atoms with Gasteiger partial charge in [-0.2, -0.15) is 0 Å². The van der Waals surface area contributed by atoms with Gasteiger partial charge in [-0.15, -0.1) is 5.10 Å². The number of aromatic nitrogens is 3. The number of carbonyl (C=O) groups excluding carboxylic acids is 1. The molecule has 0 amide bonds. The van der Waals surface area contributed by atoms with Crippen LogP contribution in [0.3, 0.4) is 0 Å². The molecule has 0 aliphatic carbocycles. The molecule has 0 aliphatic heterocycles. The molecular weight excluding hydrogens is 170 g/mol. The van der Waals surface area contributed by atoms with Crippen LogP contribution in [0, 0.1) is 0 Å². The molecule has 0 radical (unpaired) electrons. The smallest absolute Gasteiger partial charge is 0.160 e. The number of nitrogens with zero attached hydrogens (tertiary/aromatic N) is 3. The van der Waals surface area contributed by atoms with E-state index in [1.54, 1.807) is 0 Å². The fourth-order valence-corrected chi connectivity index (χ4v) is 1.09. The van der Waals surface area contributed by atoms with Gasteiger partial charge >= 0.3 is 0 Å². The fraction of sp³-hybridized carbons (Fsp3) is 0.625. The first-order chi connectivity index (χ1) is 6.11. The summed E-state index contributed by atoms with van der Waals surface area (Å²) in [5, 5.41) is 17.0. The van der Waals surface area contributed by atoms with Gasteiger partial charge in [0.25, 0.3) is 0 Å². The molecule has 1 rings (SSSR count). The molecule has 1 aromatic rings. The molecule has 0 bridgehead atoms. The zero-order valence-electron chi connectivity index (χ0n) is 7.77. The highest BCUT2D eigenvalue weighted by atomic mass is 16.3. The lowest BCUT2D eigenvalue weighted by atomic mass is 10.1. The Kier molecular flexibility index (Phi) is 2.77. The van der Waals surface area contributed by atoms with Crippen LogP contribution in [0.4, 0.5) is 0 Å². The molecule has 72 valence electrons. The van der Waals surface area contributed by atoms with Crippen LogP contribution in [-0.4, -0.2) is 26.4 Å². The summed E-state index contributed by atoms with van der Waals surface area (Å²) in [7, 11) is 0. The molecule has 5 nitrogen and oxygen atoms in total. The molecule has 0 fully saturated rings. The Labute approximate surface area is 76.4 Å². The number of aryl methyl sites for hydroxylation is 1. The number of aldehydes is 1. The van der Waals surface area contributed by atoms with Crippen molar-refractivity contribution in [2.24, 2.45) is 0 Å². The van der Waals surface area contributed by atoms with Gasteiger partial charge in [-0.05, 0) is 13.3 Å². The Bertz CT molecular complexity index is 293. The van der Waals surface area contributed by atoms with E-state index in [9.17, 15) is 9.90 Å². The molecule has 1 heterocycles. The number of aliphatic hydroxyl groups is 1. The van der Waals surface area contributed by atoms with Crippen molar-refractivity contribution in [1.29, 1.82) is 0 Å². The van der Waals surface area contributed by atoms with Gasteiger partial charge in [0, 0.05) is 6.54 Å². The van der Waals surface area contributed by atoms with E-state index >= 15 is 0 Å². The molecule has 5 heteroatoms. The van der Waals surface area contributed by atoms with E-state index in [0.29, 0.717) is 18.5 Å². The third-order valence-electron chi connectivity index (χ3n) is 1.80. The van der Waals surface area contributed by atoms with E-state index in [-0.39, 0.29) is 0 Å². The Morgan fingerprint density at radius 2 is 2.46 bits per heavy atom. The molecule has 0 aliphatic rings. The normalized spacial score (nSPS) is 15.3. The summed E-state index contributed by atoms with van der Waals surface area (Å²) in [4.78, 5) is 10.6. The van der Waals surface area contributed by atoms with Gasteiger partial charge in [-0.1, -0.05) is 12.1 Å². The maximum atomic E-state index is 10.6. The summed E-state index contributed by atoms with van der Waals surface area (Å²) in [6, 6.07) is 0. The van der Waals surface area contributed by atoms with E-state index in [4.69, 9.17) is 0 Å². The third kappa shape index (κ3) is 1.92. The monoisotopic (exact) mass is 183 g/mol. The third-order valence-corrected chi connectivity index (χ3v) is 1.80. The van der Waals surface area contributed by atoms with E-state index in [1.807, 2.05) is 6.92 Å². The quantitative estimate of drug-likeness (QED) is 0.672. The molecule has 0 saturated carbocycles. The number of carbonyl (C=O) groups is 1. The van der Waals surface area contributed by atoms with Crippen molar-refractivity contribution >= 4 is 6.29 Å². The zero-order chi connectivity index (χ0) is 9.90. The minimum atomic E-state index is -1.49. The number of rotatable bonds is 4. The van der Waals surface area contributed by atoms with E-state index in [0.717, 1.165) is 6.42 Å². The average molecular weight is 183 g/mol. The van der Waals surface area contributed by atoms with Crippen LogP contribution in [-0.2, 0) is 16.9 Å². The molecule has 1 N–H and O–H groups in total. The summed E-state index contributed by atoms with van der Waals surface area (Å²) < 4.78 is 1.54. The van der Waals surface area contributed by atoms with Gasteiger partial charge < -0.3 is 5.11 Å². The largest absolute Gasteiger partial charge is 0.376 e. The first-order valence-electron chi connectivity index (χ1n) is 4.19. The predicted molar refractivity (Wildman–Crippen MR) is 45.9 cm³/mol. The first kappa shape index (κ1) is 9.85. The van der Waals surface area contributed by atoms with Crippen molar-refractivity contribution in [2.45, 2.75) is 32.4 Å². The Morgan fingerprint density at radius 1 is 1.77 bits per heavy atom. The molecule has 0 saturated heterocycles. The molecule has 1 unspecified atom stereocenters. The molecule has 0 spiro atoms.